The summed E-state index contributed by atoms with van der Waals surface area (Å²) < 4.78 is 5.31. The molecular formula is C29H39N5OS. The molecule has 1 aliphatic rings. The zero-order chi connectivity index (χ0) is 25.9. The molecule has 6 nitrogen and oxygen atoms in total. The van der Waals surface area contributed by atoms with Crippen LogP contribution in [0.1, 0.15) is 44.5 Å². The van der Waals surface area contributed by atoms with E-state index in [1.54, 1.807) is 18.9 Å². The van der Waals surface area contributed by atoms with E-state index in [0.29, 0.717) is 0 Å². The summed E-state index contributed by atoms with van der Waals surface area (Å²) in [4.78, 5) is 15.9. The minimum Gasteiger partial charge on any atom is -0.497 e. The van der Waals surface area contributed by atoms with Crippen LogP contribution >= 0.6 is 11.8 Å². The van der Waals surface area contributed by atoms with Gasteiger partial charge in [-0.3, -0.25) is 0 Å². The lowest BCUT2D eigenvalue weighted by Gasteiger charge is -2.36. The Hall–Kier alpha value is -2.93. The molecule has 1 N–H and O–H groups in total. The first kappa shape index (κ1) is 26.1. The van der Waals surface area contributed by atoms with Gasteiger partial charge in [-0.2, -0.15) is 4.98 Å². The highest BCUT2D eigenvalue weighted by Crippen LogP contribution is 2.34. The molecule has 0 aliphatic carbocycles. The fourth-order valence-electron chi connectivity index (χ4n) is 4.47. The van der Waals surface area contributed by atoms with E-state index in [9.17, 15) is 0 Å². The van der Waals surface area contributed by atoms with Crippen LogP contribution in [0.25, 0.3) is 0 Å². The Morgan fingerprint density at radius 3 is 2.22 bits per heavy atom. The zero-order valence-electron chi connectivity index (χ0n) is 22.7. The van der Waals surface area contributed by atoms with Crippen LogP contribution in [-0.4, -0.2) is 49.5 Å². The molecule has 1 aromatic heterocycles. The number of nitrogens with one attached hydrogen (secondary N) is 1. The third-order valence-electron chi connectivity index (χ3n) is 6.82. The van der Waals surface area contributed by atoms with Gasteiger partial charge in [-0.05, 0) is 66.5 Å². The van der Waals surface area contributed by atoms with E-state index in [-0.39, 0.29) is 5.41 Å². The molecule has 0 spiro atoms. The van der Waals surface area contributed by atoms with Crippen LogP contribution < -0.4 is 19.9 Å². The number of benzene rings is 2. The van der Waals surface area contributed by atoms with E-state index >= 15 is 0 Å². The van der Waals surface area contributed by atoms with Crippen LogP contribution in [0.4, 0.5) is 23.1 Å². The summed E-state index contributed by atoms with van der Waals surface area (Å²) in [5.41, 5.74) is 6.02. The van der Waals surface area contributed by atoms with Gasteiger partial charge in [-0.25, -0.2) is 4.98 Å². The number of thioether (sulfide) groups is 1. The van der Waals surface area contributed by atoms with E-state index in [0.717, 1.165) is 66.4 Å². The third kappa shape index (κ3) is 5.72. The van der Waals surface area contributed by atoms with Gasteiger partial charge in [-0.15, -0.1) is 11.8 Å². The third-order valence-corrected chi connectivity index (χ3v) is 7.66. The Balaban J connectivity index is 1.59. The summed E-state index contributed by atoms with van der Waals surface area (Å²) >= 11 is 1.71. The Labute approximate surface area is 220 Å². The van der Waals surface area contributed by atoms with Crippen molar-refractivity contribution < 1.29 is 4.74 Å². The molecule has 2 heterocycles. The summed E-state index contributed by atoms with van der Waals surface area (Å²) in [6.45, 7) is 14.7. The van der Waals surface area contributed by atoms with Crippen molar-refractivity contribution in [3.8, 4) is 5.75 Å². The second-order valence-electron chi connectivity index (χ2n) is 10.3. The topological polar surface area (TPSA) is 53.5 Å². The summed E-state index contributed by atoms with van der Waals surface area (Å²) in [5.74, 6) is 2.59. The number of piperazine rings is 1. The number of anilines is 4. The maximum absolute atomic E-state index is 5.31. The van der Waals surface area contributed by atoms with Crippen LogP contribution in [0, 0.1) is 6.92 Å². The lowest BCUT2D eigenvalue weighted by Crippen LogP contribution is -2.47. The van der Waals surface area contributed by atoms with Crippen LogP contribution in [0.5, 0.6) is 5.75 Å². The molecule has 0 radical (unpaired) electrons. The van der Waals surface area contributed by atoms with Crippen molar-refractivity contribution in [2.45, 2.75) is 51.3 Å². The van der Waals surface area contributed by atoms with Crippen LogP contribution in [-0.2, 0) is 11.8 Å². The van der Waals surface area contributed by atoms with Gasteiger partial charge in [0.15, 0.2) is 0 Å². The number of hydrogen-bond acceptors (Lipinski definition) is 7. The number of rotatable bonds is 7. The lowest BCUT2D eigenvalue weighted by atomic mass is 9.86. The normalized spacial score (nSPS) is 14.2. The van der Waals surface area contributed by atoms with Gasteiger partial charge < -0.3 is 19.9 Å². The first-order valence-corrected chi connectivity index (χ1v) is 13.9. The predicted molar refractivity (Wildman–Crippen MR) is 154 cm³/mol. The Kier molecular flexibility index (Phi) is 7.98. The van der Waals surface area contributed by atoms with E-state index < -0.39 is 0 Å². The van der Waals surface area contributed by atoms with Crippen LogP contribution in [0.2, 0.25) is 0 Å². The SMILES string of the molecule is CCc1nc(N2CCN(c3ccc(OC)cc3)CC2)nc(Nc2cc(C(C)(C)C)ccc2C)c1SC. The fourth-order valence-corrected chi connectivity index (χ4v) is 5.19. The zero-order valence-corrected chi connectivity index (χ0v) is 23.5. The Bertz CT molecular complexity index is 1180. The van der Waals surface area contributed by atoms with E-state index in [1.165, 1.54) is 16.8 Å². The fraction of sp³-hybridized carbons (Fsp3) is 0.448. The molecule has 36 heavy (non-hydrogen) atoms. The molecule has 1 aliphatic heterocycles. The molecule has 0 saturated carbocycles. The Morgan fingerprint density at radius 2 is 1.64 bits per heavy atom. The van der Waals surface area contributed by atoms with Gasteiger partial charge in [0.05, 0.1) is 17.7 Å². The second kappa shape index (κ2) is 11.0. The molecule has 3 aromatic rings. The van der Waals surface area contributed by atoms with E-state index in [2.05, 4.69) is 86.3 Å². The molecule has 0 atom stereocenters. The standard InChI is InChI=1S/C29H39N5OS/c1-8-24-26(36-7)27(30-25-19-21(29(3,4)5)10-9-20(25)2)32-28(31-24)34-17-15-33(16-18-34)22-11-13-23(35-6)14-12-22/h9-14,19H,8,15-18H2,1-7H3,(H,30,31,32). The maximum Gasteiger partial charge on any atom is 0.227 e. The number of aryl methyl sites for hydroxylation is 2. The molecule has 4 rings (SSSR count). The highest BCUT2D eigenvalue weighted by atomic mass is 32.2. The van der Waals surface area contributed by atoms with E-state index in [4.69, 9.17) is 14.7 Å². The minimum absolute atomic E-state index is 0.0848. The van der Waals surface area contributed by atoms with Crippen LogP contribution in [0.15, 0.2) is 47.4 Å². The van der Waals surface area contributed by atoms with Crippen LogP contribution in [0.3, 0.4) is 0 Å². The van der Waals surface area contributed by atoms with Gasteiger partial charge in [0, 0.05) is 37.6 Å². The smallest absolute Gasteiger partial charge is 0.227 e. The summed E-state index contributed by atoms with van der Waals surface area (Å²) in [7, 11) is 1.70. The lowest BCUT2D eigenvalue weighted by molar-refractivity contribution is 0.415. The summed E-state index contributed by atoms with van der Waals surface area (Å²) in [5, 5.41) is 3.68. The van der Waals surface area contributed by atoms with Crippen molar-refractivity contribution in [3.63, 3.8) is 0 Å². The number of hydrogen-bond donors (Lipinski definition) is 1. The molecule has 0 unspecified atom stereocenters. The van der Waals surface area contributed by atoms with Crippen molar-refractivity contribution in [2.75, 3.05) is 54.7 Å². The summed E-state index contributed by atoms with van der Waals surface area (Å²) in [6, 6.07) is 15.0. The van der Waals surface area contributed by atoms with Crippen molar-refractivity contribution >= 4 is 34.9 Å². The monoisotopic (exact) mass is 505 g/mol. The second-order valence-corrected chi connectivity index (χ2v) is 11.1. The van der Waals surface area contributed by atoms with Gasteiger partial charge >= 0.3 is 0 Å². The molecule has 0 amide bonds. The number of methoxy groups -OCH3 is 1. The number of ether oxygens (including phenoxy) is 1. The quantitative estimate of drug-likeness (QED) is 0.371. The highest BCUT2D eigenvalue weighted by molar-refractivity contribution is 7.98. The average Bonchev–Trinajstić information content (AvgIpc) is 2.89. The maximum atomic E-state index is 5.31. The molecule has 2 aromatic carbocycles. The first-order chi connectivity index (χ1) is 17.2. The van der Waals surface area contributed by atoms with E-state index in [1.807, 2.05) is 12.1 Å². The van der Waals surface area contributed by atoms with Gasteiger partial charge in [0.1, 0.15) is 11.6 Å². The van der Waals surface area contributed by atoms with Gasteiger partial charge in [0.25, 0.3) is 0 Å². The number of aromatic nitrogens is 2. The molecule has 192 valence electrons. The van der Waals surface area contributed by atoms with Crippen molar-refractivity contribution in [1.29, 1.82) is 0 Å². The predicted octanol–water partition coefficient (Wildman–Crippen LogP) is 6.45. The van der Waals surface area contributed by atoms with Crippen molar-refractivity contribution in [1.82, 2.24) is 9.97 Å². The van der Waals surface area contributed by atoms with Crippen molar-refractivity contribution in [2.24, 2.45) is 0 Å². The Morgan fingerprint density at radius 1 is 0.972 bits per heavy atom. The first-order valence-electron chi connectivity index (χ1n) is 12.7. The molecule has 7 heteroatoms. The van der Waals surface area contributed by atoms with Gasteiger partial charge in [0.2, 0.25) is 5.95 Å². The summed E-state index contributed by atoms with van der Waals surface area (Å²) in [6.07, 6.45) is 2.97. The highest BCUT2D eigenvalue weighted by Gasteiger charge is 2.23. The van der Waals surface area contributed by atoms with Crippen molar-refractivity contribution in [3.05, 3.63) is 59.3 Å². The molecule has 0 bridgehead atoms. The average molecular weight is 506 g/mol. The molecule has 1 fully saturated rings. The largest absolute Gasteiger partial charge is 0.497 e. The van der Waals surface area contributed by atoms with Gasteiger partial charge in [-0.1, -0.05) is 39.8 Å². The molecular weight excluding hydrogens is 466 g/mol. The minimum atomic E-state index is 0.0848. The number of nitrogens with zero attached hydrogens (tertiary/aromatic N) is 4. The molecule has 1 saturated heterocycles.